The number of benzene rings is 1. The number of likely N-dealkylation sites (N-methyl/N-ethyl adjacent to an activating group) is 2. The third-order valence-electron chi connectivity index (χ3n) is 5.95. The minimum absolute atomic E-state index is 0.104. The highest BCUT2D eigenvalue weighted by Gasteiger charge is 2.41. The lowest BCUT2D eigenvalue weighted by Gasteiger charge is -2.39. The van der Waals surface area contributed by atoms with Crippen LogP contribution in [0.25, 0.3) is 0 Å². The first-order chi connectivity index (χ1) is 14.3. The predicted octanol–water partition coefficient (Wildman–Crippen LogP) is 4.01. The summed E-state index contributed by atoms with van der Waals surface area (Å²) in [4.78, 5) is 28.7. The number of nitrogens with zero attached hydrogens (tertiary/aromatic N) is 1. The Morgan fingerprint density at radius 2 is 1.58 bits per heavy atom. The lowest BCUT2D eigenvalue weighted by Crippen LogP contribution is -2.61. The zero-order chi connectivity index (χ0) is 24.0. The first kappa shape index (κ1) is 27.2. The van der Waals surface area contributed by atoms with Crippen molar-refractivity contribution in [3.63, 3.8) is 0 Å². The Morgan fingerprint density at radius 1 is 1.03 bits per heavy atom. The van der Waals surface area contributed by atoms with Gasteiger partial charge in [0.15, 0.2) is 0 Å². The summed E-state index contributed by atoms with van der Waals surface area (Å²) >= 11 is 4.19. The average molecular weight is 448 g/mol. The van der Waals surface area contributed by atoms with Crippen molar-refractivity contribution < 1.29 is 9.59 Å². The lowest BCUT2D eigenvalue weighted by atomic mass is 9.76. The van der Waals surface area contributed by atoms with Crippen molar-refractivity contribution in [2.75, 3.05) is 14.1 Å². The van der Waals surface area contributed by atoms with Crippen LogP contribution in [0.3, 0.4) is 0 Å². The number of nitrogens with one attached hydrogen (secondary N) is 2. The summed E-state index contributed by atoms with van der Waals surface area (Å²) in [6, 6.07) is 8.68. The van der Waals surface area contributed by atoms with Crippen LogP contribution in [-0.2, 0) is 15.0 Å². The molecule has 1 aromatic carbocycles. The van der Waals surface area contributed by atoms with Gasteiger partial charge in [-0.3, -0.25) is 9.59 Å². The van der Waals surface area contributed by atoms with E-state index in [1.807, 2.05) is 71.0 Å². The van der Waals surface area contributed by atoms with Crippen molar-refractivity contribution in [2.45, 2.75) is 72.0 Å². The molecule has 1 rings (SSSR count). The quantitative estimate of drug-likeness (QED) is 0.501. The molecular weight excluding hydrogens is 406 g/mol. The molecular formula is C25H41N3O2S. The van der Waals surface area contributed by atoms with Gasteiger partial charge in [0.05, 0.1) is 12.1 Å². The van der Waals surface area contributed by atoms with E-state index in [0.29, 0.717) is 0 Å². The molecule has 174 valence electrons. The second kappa shape index (κ2) is 11.2. The Bertz CT molecular complexity index is 754. The minimum atomic E-state index is -0.665. The van der Waals surface area contributed by atoms with E-state index < -0.39 is 22.9 Å². The van der Waals surface area contributed by atoms with Gasteiger partial charge in [0, 0.05) is 12.5 Å². The van der Waals surface area contributed by atoms with Crippen molar-refractivity contribution in [2.24, 2.45) is 11.3 Å². The van der Waals surface area contributed by atoms with Gasteiger partial charge in [-0.2, -0.15) is 12.6 Å². The van der Waals surface area contributed by atoms with E-state index >= 15 is 0 Å². The highest BCUT2D eigenvalue weighted by molar-refractivity contribution is 7.83. The Labute approximate surface area is 194 Å². The highest BCUT2D eigenvalue weighted by atomic mass is 32.1. The number of carbonyl (C=O) groups excluding carboxylic acids is 2. The molecule has 0 bridgehead atoms. The number of thiol groups is 1. The standard InChI is InChI=1S/C25H41N3O2S/c1-17(2)19(15-16-31)28(9)23(30)21(24(3,4)5)27-22(29)20(26-8)25(6,7)18-13-11-10-12-14-18/h10-17,19-21,26,31H,1-9H3,(H,27,29)/b16-15+/t19-,20-,21-/m1/s1. The van der Waals surface area contributed by atoms with Crippen molar-refractivity contribution in [3.05, 3.63) is 47.4 Å². The smallest absolute Gasteiger partial charge is 0.245 e. The second-order valence-corrected chi connectivity index (χ2v) is 10.4. The van der Waals surface area contributed by atoms with E-state index in [-0.39, 0.29) is 23.8 Å². The largest absolute Gasteiger partial charge is 0.342 e. The Balaban J connectivity index is 3.21. The van der Waals surface area contributed by atoms with Crippen LogP contribution in [0.5, 0.6) is 0 Å². The molecule has 0 aliphatic heterocycles. The van der Waals surface area contributed by atoms with Crippen molar-refractivity contribution in [1.82, 2.24) is 15.5 Å². The number of hydrogen-bond donors (Lipinski definition) is 3. The molecule has 0 unspecified atom stereocenters. The van der Waals surface area contributed by atoms with Crippen molar-refractivity contribution in [1.29, 1.82) is 0 Å². The SMILES string of the molecule is CN[C@H](C(=O)N[C@H](C(=O)N(C)[C@H](/C=C/S)C(C)C)C(C)(C)C)C(C)(C)c1ccccc1. The van der Waals surface area contributed by atoms with Crippen LogP contribution in [0, 0.1) is 11.3 Å². The molecule has 0 aromatic heterocycles. The molecule has 0 radical (unpaired) electrons. The predicted molar refractivity (Wildman–Crippen MR) is 133 cm³/mol. The van der Waals surface area contributed by atoms with Gasteiger partial charge in [0.2, 0.25) is 11.8 Å². The fourth-order valence-corrected chi connectivity index (χ4v) is 4.14. The maximum absolute atomic E-state index is 13.5. The van der Waals surface area contributed by atoms with Crippen LogP contribution in [0.1, 0.15) is 54.0 Å². The molecule has 0 spiro atoms. The maximum atomic E-state index is 13.5. The molecule has 31 heavy (non-hydrogen) atoms. The third kappa shape index (κ3) is 6.84. The molecule has 0 aliphatic rings. The second-order valence-electron chi connectivity index (χ2n) is 10.1. The molecule has 2 N–H and O–H groups in total. The zero-order valence-electron chi connectivity index (χ0n) is 20.6. The lowest BCUT2D eigenvalue weighted by molar-refractivity contribution is -0.140. The number of rotatable bonds is 9. The molecule has 6 heteroatoms. The van der Waals surface area contributed by atoms with Gasteiger partial charge in [0.1, 0.15) is 6.04 Å². The van der Waals surface area contributed by atoms with Crippen molar-refractivity contribution >= 4 is 24.4 Å². The van der Waals surface area contributed by atoms with E-state index in [9.17, 15) is 9.59 Å². The summed E-state index contributed by atoms with van der Waals surface area (Å²) in [6.07, 6.45) is 1.90. The van der Waals surface area contributed by atoms with Gasteiger partial charge in [-0.1, -0.05) is 84.9 Å². The molecule has 5 nitrogen and oxygen atoms in total. The topological polar surface area (TPSA) is 61.4 Å². The van der Waals surface area contributed by atoms with E-state index in [0.717, 1.165) is 5.56 Å². The molecule has 3 atom stereocenters. The van der Waals surface area contributed by atoms with E-state index in [2.05, 4.69) is 37.1 Å². The van der Waals surface area contributed by atoms with Gasteiger partial charge >= 0.3 is 0 Å². The molecule has 1 aromatic rings. The number of hydrogen-bond acceptors (Lipinski definition) is 4. The van der Waals surface area contributed by atoms with Gasteiger partial charge in [-0.05, 0) is 29.4 Å². The molecule has 0 heterocycles. The number of amides is 2. The van der Waals surface area contributed by atoms with Crippen LogP contribution in [0.4, 0.5) is 0 Å². The Kier molecular flexibility index (Phi) is 9.83. The minimum Gasteiger partial charge on any atom is -0.342 e. The average Bonchev–Trinajstić information content (AvgIpc) is 2.69. The fraction of sp³-hybridized carbons (Fsp3) is 0.600. The van der Waals surface area contributed by atoms with Gasteiger partial charge in [-0.25, -0.2) is 0 Å². The zero-order valence-corrected chi connectivity index (χ0v) is 21.5. The molecule has 0 saturated carbocycles. The summed E-state index contributed by atoms with van der Waals surface area (Å²) in [6.45, 7) is 14.1. The summed E-state index contributed by atoms with van der Waals surface area (Å²) in [5.41, 5.74) is 0.133. The van der Waals surface area contributed by atoms with Crippen LogP contribution >= 0.6 is 12.6 Å². The Hall–Kier alpha value is -1.79. The fourth-order valence-electron chi connectivity index (χ4n) is 3.97. The van der Waals surface area contributed by atoms with E-state index in [1.54, 1.807) is 24.4 Å². The van der Waals surface area contributed by atoms with Crippen LogP contribution in [-0.4, -0.2) is 48.9 Å². The summed E-state index contributed by atoms with van der Waals surface area (Å²) in [5.74, 6) is -0.0852. The molecule has 2 amide bonds. The van der Waals surface area contributed by atoms with Gasteiger partial charge in [0.25, 0.3) is 0 Å². The highest BCUT2D eigenvalue weighted by Crippen LogP contribution is 2.29. The first-order valence-corrected chi connectivity index (χ1v) is 11.4. The van der Waals surface area contributed by atoms with Crippen molar-refractivity contribution in [3.8, 4) is 0 Å². The Morgan fingerprint density at radius 3 is 2.00 bits per heavy atom. The van der Waals surface area contributed by atoms with Gasteiger partial charge < -0.3 is 15.5 Å². The molecule has 0 saturated heterocycles. The summed E-state index contributed by atoms with van der Waals surface area (Å²) in [5, 5.41) is 7.90. The maximum Gasteiger partial charge on any atom is 0.245 e. The van der Waals surface area contributed by atoms with E-state index in [4.69, 9.17) is 0 Å². The summed E-state index contributed by atoms with van der Waals surface area (Å²) < 4.78 is 0. The van der Waals surface area contributed by atoms with Crippen LogP contribution in [0.2, 0.25) is 0 Å². The first-order valence-electron chi connectivity index (χ1n) is 10.9. The summed E-state index contributed by atoms with van der Waals surface area (Å²) in [7, 11) is 3.57. The van der Waals surface area contributed by atoms with Gasteiger partial charge in [-0.15, -0.1) is 0 Å². The third-order valence-corrected chi connectivity index (χ3v) is 6.12. The monoisotopic (exact) mass is 447 g/mol. The molecule has 0 aliphatic carbocycles. The molecule has 0 fully saturated rings. The normalized spacial score (nSPS) is 15.6. The number of carbonyl (C=O) groups is 2. The van der Waals surface area contributed by atoms with Crippen LogP contribution in [0.15, 0.2) is 41.8 Å². The van der Waals surface area contributed by atoms with Crippen LogP contribution < -0.4 is 10.6 Å². The van der Waals surface area contributed by atoms with E-state index in [1.165, 1.54) is 0 Å².